The Bertz CT molecular complexity index is 599. The van der Waals surface area contributed by atoms with E-state index in [0.717, 1.165) is 0 Å². The van der Waals surface area contributed by atoms with Gasteiger partial charge >= 0.3 is 12.6 Å². The van der Waals surface area contributed by atoms with Gasteiger partial charge in [-0.05, 0) is 29.1 Å². The Kier molecular flexibility index (Phi) is 5.10. The third-order valence-corrected chi connectivity index (χ3v) is 3.39. The lowest BCUT2D eigenvalue weighted by Gasteiger charge is -2.11. The lowest BCUT2D eigenvalue weighted by Crippen LogP contribution is -2.05. The zero-order valence-corrected chi connectivity index (χ0v) is 11.9. The molecule has 112 valence electrons. The molecule has 7 heteroatoms. The van der Waals surface area contributed by atoms with Crippen molar-refractivity contribution in [2.75, 3.05) is 7.11 Å². The predicted octanol–water partition coefficient (Wildman–Crippen LogP) is 3.72. The molecule has 0 spiro atoms. The number of thiophene rings is 1. The average Bonchev–Trinajstić information content (AvgIpc) is 2.99. The predicted molar refractivity (Wildman–Crippen MR) is 73.1 cm³/mol. The van der Waals surface area contributed by atoms with Gasteiger partial charge < -0.3 is 14.2 Å². The molecule has 0 saturated heterocycles. The molecular formula is C14H12F2O4S. The number of carbonyl (C=O) groups is 1. The first-order chi connectivity index (χ1) is 10.1. The molecule has 0 aliphatic rings. The number of ether oxygens (including phenoxy) is 3. The van der Waals surface area contributed by atoms with Gasteiger partial charge in [0.1, 0.15) is 11.5 Å². The van der Waals surface area contributed by atoms with E-state index in [1.54, 1.807) is 17.5 Å². The molecule has 0 amide bonds. The summed E-state index contributed by atoms with van der Waals surface area (Å²) in [5, 5.41) is 1.77. The van der Waals surface area contributed by atoms with Gasteiger partial charge in [-0.2, -0.15) is 8.78 Å². The number of alkyl halides is 2. The van der Waals surface area contributed by atoms with E-state index in [0.29, 0.717) is 10.4 Å². The van der Waals surface area contributed by atoms with E-state index in [2.05, 4.69) is 4.74 Å². The maximum Gasteiger partial charge on any atom is 0.387 e. The summed E-state index contributed by atoms with van der Waals surface area (Å²) in [6.45, 7) is -2.91. The quantitative estimate of drug-likeness (QED) is 0.762. The summed E-state index contributed by atoms with van der Waals surface area (Å²) in [6.07, 6.45) is 0. The summed E-state index contributed by atoms with van der Waals surface area (Å²) in [6, 6.07) is 7.77. The Morgan fingerprint density at radius 1 is 1.29 bits per heavy atom. The van der Waals surface area contributed by atoms with E-state index in [1.807, 2.05) is 0 Å². The zero-order valence-electron chi connectivity index (χ0n) is 11.0. The van der Waals surface area contributed by atoms with Crippen molar-refractivity contribution in [1.29, 1.82) is 0 Å². The average molecular weight is 314 g/mol. The fourth-order valence-corrected chi connectivity index (χ4v) is 2.23. The van der Waals surface area contributed by atoms with Crippen LogP contribution in [-0.2, 0) is 11.3 Å². The number of carbonyl (C=O) groups excluding carboxylic acids is 1. The molecule has 1 aromatic carbocycles. The standard InChI is InChI=1S/C14H12F2O4S/c1-18-11-7-9(4-5-10(11)20-14(15)16)8-19-13(17)12-3-2-6-21-12/h2-7,14H,8H2,1H3. The molecule has 0 aliphatic heterocycles. The second-order valence-electron chi connectivity index (χ2n) is 3.92. The number of rotatable bonds is 6. The smallest absolute Gasteiger partial charge is 0.387 e. The molecule has 0 aliphatic carbocycles. The number of hydrogen-bond acceptors (Lipinski definition) is 5. The lowest BCUT2D eigenvalue weighted by molar-refractivity contribution is -0.0512. The van der Waals surface area contributed by atoms with Crippen LogP contribution in [0.1, 0.15) is 15.2 Å². The van der Waals surface area contributed by atoms with Gasteiger partial charge in [-0.1, -0.05) is 12.1 Å². The Hall–Kier alpha value is -2.15. The fourth-order valence-electron chi connectivity index (χ4n) is 1.61. The topological polar surface area (TPSA) is 44.8 Å². The molecule has 2 aromatic rings. The van der Waals surface area contributed by atoms with E-state index in [4.69, 9.17) is 9.47 Å². The number of methoxy groups -OCH3 is 1. The molecule has 0 bridgehead atoms. The molecule has 4 nitrogen and oxygen atoms in total. The third kappa shape index (κ3) is 4.16. The summed E-state index contributed by atoms with van der Waals surface area (Å²) >= 11 is 1.28. The van der Waals surface area contributed by atoms with Crippen LogP contribution in [0.5, 0.6) is 11.5 Å². The van der Waals surface area contributed by atoms with Crippen molar-refractivity contribution in [3.8, 4) is 11.5 Å². The minimum absolute atomic E-state index is 0.0159. The van der Waals surface area contributed by atoms with Crippen LogP contribution in [0.15, 0.2) is 35.7 Å². The maximum absolute atomic E-state index is 12.2. The van der Waals surface area contributed by atoms with Crippen LogP contribution < -0.4 is 9.47 Å². The van der Waals surface area contributed by atoms with Crippen LogP contribution in [0.2, 0.25) is 0 Å². The van der Waals surface area contributed by atoms with Crippen LogP contribution in [0, 0.1) is 0 Å². The maximum atomic E-state index is 12.2. The van der Waals surface area contributed by atoms with Crippen LogP contribution >= 0.6 is 11.3 Å². The first-order valence-corrected chi connectivity index (χ1v) is 6.80. The largest absolute Gasteiger partial charge is 0.493 e. The van der Waals surface area contributed by atoms with E-state index in [9.17, 15) is 13.6 Å². The van der Waals surface area contributed by atoms with Crippen molar-refractivity contribution in [2.45, 2.75) is 13.2 Å². The molecule has 1 aromatic heterocycles. The third-order valence-electron chi connectivity index (χ3n) is 2.54. The van der Waals surface area contributed by atoms with Crippen molar-refractivity contribution in [1.82, 2.24) is 0 Å². The molecule has 21 heavy (non-hydrogen) atoms. The van der Waals surface area contributed by atoms with Crippen LogP contribution in [0.4, 0.5) is 8.78 Å². The summed E-state index contributed by atoms with van der Waals surface area (Å²) in [4.78, 5) is 12.2. The van der Waals surface area contributed by atoms with Crippen LogP contribution in [0.3, 0.4) is 0 Å². The summed E-state index contributed by atoms with van der Waals surface area (Å²) in [7, 11) is 1.34. The number of esters is 1. The fraction of sp³-hybridized carbons (Fsp3) is 0.214. The molecule has 2 rings (SSSR count). The minimum atomic E-state index is -2.93. The Morgan fingerprint density at radius 2 is 2.10 bits per heavy atom. The zero-order chi connectivity index (χ0) is 15.2. The van der Waals surface area contributed by atoms with Crippen molar-refractivity contribution >= 4 is 17.3 Å². The SMILES string of the molecule is COc1cc(COC(=O)c2cccs2)ccc1OC(F)F. The Morgan fingerprint density at radius 3 is 2.71 bits per heavy atom. The van der Waals surface area contributed by atoms with Gasteiger partial charge in [-0.3, -0.25) is 0 Å². The highest BCUT2D eigenvalue weighted by atomic mass is 32.1. The van der Waals surface area contributed by atoms with Gasteiger partial charge in [0, 0.05) is 0 Å². The molecule has 0 atom stereocenters. The van der Waals surface area contributed by atoms with Gasteiger partial charge in [0.15, 0.2) is 11.5 Å². The molecule has 0 N–H and O–H groups in total. The normalized spacial score (nSPS) is 10.5. The van der Waals surface area contributed by atoms with Crippen molar-refractivity contribution < 1.29 is 27.8 Å². The van der Waals surface area contributed by atoms with E-state index in [1.165, 1.54) is 36.6 Å². The van der Waals surface area contributed by atoms with Crippen molar-refractivity contribution in [3.05, 3.63) is 46.2 Å². The Labute approximate surface area is 123 Å². The van der Waals surface area contributed by atoms with Crippen molar-refractivity contribution in [2.24, 2.45) is 0 Å². The van der Waals surface area contributed by atoms with Gasteiger partial charge in [0.05, 0.1) is 7.11 Å². The number of halogens is 2. The van der Waals surface area contributed by atoms with Gasteiger partial charge in [-0.25, -0.2) is 4.79 Å². The first kappa shape index (κ1) is 15.2. The Balaban J connectivity index is 2.02. The lowest BCUT2D eigenvalue weighted by atomic mass is 10.2. The van der Waals surface area contributed by atoms with E-state index >= 15 is 0 Å². The highest BCUT2D eigenvalue weighted by Crippen LogP contribution is 2.29. The van der Waals surface area contributed by atoms with Gasteiger partial charge in [0.2, 0.25) is 0 Å². The molecule has 0 unspecified atom stereocenters. The monoisotopic (exact) mass is 314 g/mol. The molecule has 0 radical (unpaired) electrons. The molecule has 1 heterocycles. The second-order valence-corrected chi connectivity index (χ2v) is 4.86. The molecule has 0 saturated carbocycles. The first-order valence-electron chi connectivity index (χ1n) is 5.92. The van der Waals surface area contributed by atoms with Crippen LogP contribution in [-0.4, -0.2) is 19.7 Å². The van der Waals surface area contributed by atoms with Crippen molar-refractivity contribution in [3.63, 3.8) is 0 Å². The number of hydrogen-bond donors (Lipinski definition) is 0. The highest BCUT2D eigenvalue weighted by Gasteiger charge is 2.12. The summed E-state index contributed by atoms with van der Waals surface area (Å²) in [5.74, 6) is -0.349. The van der Waals surface area contributed by atoms with Gasteiger partial charge in [-0.15, -0.1) is 11.3 Å². The highest BCUT2D eigenvalue weighted by molar-refractivity contribution is 7.11. The van der Waals surface area contributed by atoms with E-state index < -0.39 is 12.6 Å². The molecule has 0 fully saturated rings. The number of benzene rings is 1. The van der Waals surface area contributed by atoms with Crippen LogP contribution in [0.25, 0.3) is 0 Å². The minimum Gasteiger partial charge on any atom is -0.493 e. The summed E-state index contributed by atoms with van der Waals surface area (Å²) in [5.41, 5.74) is 0.610. The van der Waals surface area contributed by atoms with E-state index in [-0.39, 0.29) is 18.1 Å². The second kappa shape index (κ2) is 7.03. The molecular weight excluding hydrogens is 302 g/mol. The van der Waals surface area contributed by atoms with Gasteiger partial charge in [0.25, 0.3) is 0 Å². The summed E-state index contributed by atoms with van der Waals surface area (Å²) < 4.78 is 38.8.